The molecule has 4 nitrogen and oxygen atoms in total. The molecule has 2 aromatic rings. The SMILES string of the molecule is CC(=O)Nc1cc(Sc2cccc(C#N)c2)ccc1N. The molecule has 0 spiro atoms. The first kappa shape index (κ1) is 14.0. The van der Waals surface area contributed by atoms with Gasteiger partial charge < -0.3 is 11.1 Å². The van der Waals surface area contributed by atoms with Gasteiger partial charge in [-0.1, -0.05) is 17.8 Å². The van der Waals surface area contributed by atoms with Crippen molar-refractivity contribution in [3.05, 3.63) is 48.0 Å². The fourth-order valence-corrected chi connectivity index (χ4v) is 2.58. The lowest BCUT2D eigenvalue weighted by Gasteiger charge is -2.09. The van der Waals surface area contributed by atoms with Crippen LogP contribution >= 0.6 is 11.8 Å². The zero-order valence-corrected chi connectivity index (χ0v) is 11.7. The third-order valence-corrected chi connectivity index (χ3v) is 3.51. The summed E-state index contributed by atoms with van der Waals surface area (Å²) in [5.74, 6) is -0.162. The number of nitriles is 1. The molecule has 2 aromatic carbocycles. The van der Waals surface area contributed by atoms with E-state index in [0.29, 0.717) is 16.9 Å². The molecule has 0 saturated carbocycles. The Morgan fingerprint density at radius 1 is 1.25 bits per heavy atom. The molecule has 0 unspecified atom stereocenters. The van der Waals surface area contributed by atoms with Crippen molar-refractivity contribution in [2.45, 2.75) is 16.7 Å². The molecule has 20 heavy (non-hydrogen) atoms. The molecule has 2 rings (SSSR count). The maximum atomic E-state index is 11.1. The Kier molecular flexibility index (Phi) is 4.28. The first-order valence-electron chi connectivity index (χ1n) is 5.93. The standard InChI is InChI=1S/C15H13N3OS/c1-10(19)18-15-8-13(5-6-14(15)17)20-12-4-2-3-11(7-12)9-16/h2-8H,17H2,1H3,(H,18,19). The smallest absolute Gasteiger partial charge is 0.221 e. The minimum absolute atomic E-state index is 0.162. The molecule has 0 radical (unpaired) electrons. The third kappa shape index (κ3) is 3.53. The van der Waals surface area contributed by atoms with Crippen LogP contribution in [0.3, 0.4) is 0 Å². The van der Waals surface area contributed by atoms with Crippen molar-refractivity contribution in [1.29, 1.82) is 5.26 Å². The molecular weight excluding hydrogens is 270 g/mol. The molecular formula is C15H13N3OS. The highest BCUT2D eigenvalue weighted by Crippen LogP contribution is 2.32. The second-order valence-corrected chi connectivity index (χ2v) is 5.32. The lowest BCUT2D eigenvalue weighted by atomic mass is 10.2. The minimum Gasteiger partial charge on any atom is -0.397 e. The quantitative estimate of drug-likeness (QED) is 0.847. The number of anilines is 2. The molecule has 0 aliphatic heterocycles. The monoisotopic (exact) mass is 283 g/mol. The molecule has 0 atom stereocenters. The Morgan fingerprint density at radius 3 is 2.70 bits per heavy atom. The second-order valence-electron chi connectivity index (χ2n) is 4.17. The van der Waals surface area contributed by atoms with E-state index in [4.69, 9.17) is 11.0 Å². The van der Waals surface area contributed by atoms with Crippen molar-refractivity contribution in [3.63, 3.8) is 0 Å². The summed E-state index contributed by atoms with van der Waals surface area (Å²) in [5, 5.41) is 11.6. The Balaban J connectivity index is 2.25. The highest BCUT2D eigenvalue weighted by Gasteiger charge is 2.05. The number of nitrogen functional groups attached to an aromatic ring is 1. The topological polar surface area (TPSA) is 78.9 Å². The van der Waals surface area contributed by atoms with Crippen LogP contribution in [0.1, 0.15) is 12.5 Å². The summed E-state index contributed by atoms with van der Waals surface area (Å²) in [4.78, 5) is 13.0. The fourth-order valence-electron chi connectivity index (χ4n) is 1.66. The highest BCUT2D eigenvalue weighted by molar-refractivity contribution is 7.99. The van der Waals surface area contributed by atoms with E-state index in [1.807, 2.05) is 30.3 Å². The van der Waals surface area contributed by atoms with E-state index in [-0.39, 0.29) is 5.91 Å². The van der Waals surface area contributed by atoms with Gasteiger partial charge in [0.05, 0.1) is 23.0 Å². The van der Waals surface area contributed by atoms with Crippen LogP contribution in [0.5, 0.6) is 0 Å². The van der Waals surface area contributed by atoms with E-state index in [1.165, 1.54) is 18.7 Å². The van der Waals surface area contributed by atoms with E-state index in [2.05, 4.69) is 11.4 Å². The van der Waals surface area contributed by atoms with E-state index in [9.17, 15) is 4.79 Å². The van der Waals surface area contributed by atoms with Crippen LogP contribution in [0.15, 0.2) is 52.3 Å². The van der Waals surface area contributed by atoms with E-state index >= 15 is 0 Å². The summed E-state index contributed by atoms with van der Waals surface area (Å²) >= 11 is 1.51. The molecule has 0 fully saturated rings. The normalized spacial score (nSPS) is 9.80. The highest BCUT2D eigenvalue weighted by atomic mass is 32.2. The van der Waals surface area contributed by atoms with Gasteiger partial charge in [-0.2, -0.15) is 5.26 Å². The number of rotatable bonds is 3. The van der Waals surface area contributed by atoms with Crippen LogP contribution in [0, 0.1) is 11.3 Å². The Morgan fingerprint density at radius 2 is 2.00 bits per heavy atom. The van der Waals surface area contributed by atoms with E-state index in [0.717, 1.165) is 9.79 Å². The van der Waals surface area contributed by atoms with Crippen molar-refractivity contribution in [2.24, 2.45) is 0 Å². The van der Waals surface area contributed by atoms with Crippen molar-refractivity contribution in [3.8, 4) is 6.07 Å². The van der Waals surface area contributed by atoms with Gasteiger partial charge in [-0.3, -0.25) is 4.79 Å². The average molecular weight is 283 g/mol. The Hall–Kier alpha value is -2.45. The Labute approximate surface area is 121 Å². The summed E-state index contributed by atoms with van der Waals surface area (Å²) in [6, 6.07) is 14.9. The van der Waals surface area contributed by atoms with Crippen LogP contribution in [0.4, 0.5) is 11.4 Å². The molecule has 0 saturated heterocycles. The number of nitrogens with zero attached hydrogens (tertiary/aromatic N) is 1. The maximum Gasteiger partial charge on any atom is 0.221 e. The Bertz CT molecular complexity index is 692. The molecule has 0 aliphatic carbocycles. The van der Waals surface area contributed by atoms with Gasteiger partial charge in [-0.05, 0) is 36.4 Å². The van der Waals surface area contributed by atoms with Gasteiger partial charge >= 0.3 is 0 Å². The van der Waals surface area contributed by atoms with Crippen LogP contribution in [0.25, 0.3) is 0 Å². The van der Waals surface area contributed by atoms with Gasteiger partial charge in [0.15, 0.2) is 0 Å². The predicted molar refractivity (Wildman–Crippen MR) is 80.4 cm³/mol. The van der Waals surface area contributed by atoms with Crippen LogP contribution < -0.4 is 11.1 Å². The molecule has 0 bridgehead atoms. The number of hydrogen-bond acceptors (Lipinski definition) is 4. The molecule has 5 heteroatoms. The molecule has 0 aliphatic rings. The van der Waals surface area contributed by atoms with Gasteiger partial charge in [-0.15, -0.1) is 0 Å². The van der Waals surface area contributed by atoms with E-state index in [1.54, 1.807) is 12.1 Å². The van der Waals surface area contributed by atoms with Crippen LogP contribution in [-0.2, 0) is 4.79 Å². The van der Waals surface area contributed by atoms with Crippen molar-refractivity contribution < 1.29 is 4.79 Å². The maximum absolute atomic E-state index is 11.1. The fraction of sp³-hybridized carbons (Fsp3) is 0.0667. The molecule has 0 aromatic heterocycles. The number of nitrogens with two attached hydrogens (primary N) is 1. The minimum atomic E-state index is -0.162. The number of amides is 1. The van der Waals surface area contributed by atoms with Gasteiger partial charge in [-0.25, -0.2) is 0 Å². The van der Waals surface area contributed by atoms with Gasteiger partial charge in [0.2, 0.25) is 5.91 Å². The largest absolute Gasteiger partial charge is 0.397 e. The third-order valence-electron chi connectivity index (χ3n) is 2.53. The number of hydrogen-bond donors (Lipinski definition) is 2. The predicted octanol–water partition coefficient (Wildman–Crippen LogP) is 3.25. The zero-order valence-electron chi connectivity index (χ0n) is 10.9. The van der Waals surface area contributed by atoms with Gasteiger partial charge in [0.25, 0.3) is 0 Å². The summed E-state index contributed by atoms with van der Waals surface area (Å²) in [5.41, 5.74) is 7.55. The molecule has 3 N–H and O–H groups in total. The van der Waals surface area contributed by atoms with Crippen molar-refractivity contribution in [2.75, 3.05) is 11.1 Å². The van der Waals surface area contributed by atoms with Crippen molar-refractivity contribution in [1.82, 2.24) is 0 Å². The van der Waals surface area contributed by atoms with Gasteiger partial charge in [0.1, 0.15) is 0 Å². The average Bonchev–Trinajstić information content (AvgIpc) is 2.42. The number of carbonyl (C=O) groups is 1. The molecule has 1 amide bonds. The first-order valence-corrected chi connectivity index (χ1v) is 6.75. The molecule has 100 valence electrons. The first-order chi connectivity index (χ1) is 9.58. The molecule has 0 heterocycles. The summed E-state index contributed by atoms with van der Waals surface area (Å²) < 4.78 is 0. The van der Waals surface area contributed by atoms with Gasteiger partial charge in [0, 0.05) is 16.7 Å². The summed E-state index contributed by atoms with van der Waals surface area (Å²) in [6.07, 6.45) is 0. The van der Waals surface area contributed by atoms with Crippen LogP contribution in [0.2, 0.25) is 0 Å². The lowest BCUT2D eigenvalue weighted by molar-refractivity contribution is -0.114. The number of benzene rings is 2. The van der Waals surface area contributed by atoms with Crippen molar-refractivity contribution >= 4 is 29.0 Å². The van der Waals surface area contributed by atoms with E-state index < -0.39 is 0 Å². The second kappa shape index (κ2) is 6.13. The number of nitrogens with one attached hydrogen (secondary N) is 1. The number of carbonyl (C=O) groups excluding carboxylic acids is 1. The summed E-state index contributed by atoms with van der Waals surface area (Å²) in [6.45, 7) is 1.44. The van der Waals surface area contributed by atoms with Crippen LogP contribution in [-0.4, -0.2) is 5.91 Å². The zero-order chi connectivity index (χ0) is 14.5. The lowest BCUT2D eigenvalue weighted by Crippen LogP contribution is -2.07. The summed E-state index contributed by atoms with van der Waals surface area (Å²) in [7, 11) is 0.